The molecule has 21 N–H and O–H groups in total. The number of hydrogen-bond donors (Lipinski definition) is 19. The van der Waals surface area contributed by atoms with Crippen molar-refractivity contribution in [3.63, 3.8) is 0 Å². The number of aliphatic carboxylic acids is 1. The minimum atomic E-state index is -2.35. The second-order valence-electron chi connectivity index (χ2n) is 25.7. The van der Waals surface area contributed by atoms with Crippen LogP contribution in [-0.2, 0) is 52.6 Å². The normalized spacial score (nSPS) is 28.4. The van der Waals surface area contributed by atoms with Crippen LogP contribution in [0.2, 0.25) is 10.0 Å². The van der Waals surface area contributed by atoms with Crippen LogP contribution in [0.25, 0.3) is 11.1 Å². The summed E-state index contributed by atoms with van der Waals surface area (Å²) in [5, 5.41) is 131. The van der Waals surface area contributed by atoms with Gasteiger partial charge in [-0.05, 0) is 110 Å². The first-order valence-electron chi connectivity index (χ1n) is 32.6. The highest BCUT2D eigenvalue weighted by Crippen LogP contribution is 2.50. The van der Waals surface area contributed by atoms with Crippen molar-refractivity contribution in [1.29, 1.82) is 0 Å². The number of aromatic hydroxyl groups is 3. The number of aliphatic hydroxyl groups is 6. The number of hydrogen-bond acceptors (Lipinski definition) is 25. The van der Waals surface area contributed by atoms with Crippen molar-refractivity contribution in [2.75, 3.05) is 13.7 Å². The number of nitrogens with two attached hydrogens (primary N) is 2. The van der Waals surface area contributed by atoms with Crippen molar-refractivity contribution in [2.24, 2.45) is 17.4 Å². The average Bonchev–Trinajstić information content (AvgIpc) is 0.777. The third-order valence-corrected chi connectivity index (χ3v) is 18.4. The minimum Gasteiger partial charge on any atom is -0.508 e. The van der Waals surface area contributed by atoms with Crippen LogP contribution in [0, 0.1) is 5.92 Å². The summed E-state index contributed by atoms with van der Waals surface area (Å²) in [5.41, 5.74) is 8.00. The van der Waals surface area contributed by atoms with Crippen LogP contribution < -0.4 is 62.9 Å². The zero-order valence-electron chi connectivity index (χ0n) is 57.2. The monoisotopic (exact) mass is 1500 g/mol. The Morgan fingerprint density at radius 3 is 1.85 bits per heavy atom. The van der Waals surface area contributed by atoms with Crippen molar-refractivity contribution >= 4 is 70.5 Å². The number of phenolic OH excluding ortho intramolecular Hbond substituents is 3. The lowest BCUT2D eigenvalue weighted by Crippen LogP contribution is -2.64. The van der Waals surface area contributed by atoms with E-state index in [1.54, 1.807) is 0 Å². The van der Waals surface area contributed by atoms with Crippen molar-refractivity contribution in [3.8, 4) is 57.1 Å². The smallest absolute Gasteiger partial charge is 0.330 e. The molecule has 7 aliphatic heterocycles. The van der Waals surface area contributed by atoms with E-state index in [4.69, 9.17) is 63.1 Å². The summed E-state index contributed by atoms with van der Waals surface area (Å²) in [7, 11) is 1.47. The summed E-state index contributed by atoms with van der Waals surface area (Å²) >= 11 is 14.1. The molecule has 0 aromatic heterocycles. The van der Waals surface area contributed by atoms with Crippen LogP contribution in [0.5, 0.6) is 46.0 Å². The van der Waals surface area contributed by atoms with E-state index in [1.165, 1.54) is 33.0 Å². The molecule has 2 saturated heterocycles. The Hall–Kier alpha value is -9.72. The highest BCUT2D eigenvalue weighted by atomic mass is 35.5. The molecule has 0 saturated carbocycles. The fraction of sp³-hybridized carbons (Fsp3) is 0.400. The van der Waals surface area contributed by atoms with Gasteiger partial charge in [0, 0.05) is 34.7 Å². The van der Waals surface area contributed by atoms with Gasteiger partial charge in [-0.3, -0.25) is 33.6 Å². The minimum absolute atomic E-state index is 0.0975. The number of fused-ring (bicyclic) bond motifs is 15. The number of carbonyl (C=O) groups excluding carboxylic acids is 7. The van der Waals surface area contributed by atoms with Crippen molar-refractivity contribution < 1.29 is 118 Å². The lowest BCUT2D eigenvalue weighted by molar-refractivity contribution is -0.333. The molecule has 2 fully saturated rings. The van der Waals surface area contributed by atoms with Gasteiger partial charge in [-0.2, -0.15) is 0 Å². The largest absolute Gasteiger partial charge is 0.508 e. The number of primary amides is 1. The number of nitrogens with one attached hydrogen (secondary N) is 7. The molecule has 35 heteroatoms. The topological polar surface area (TPSA) is 530 Å². The van der Waals surface area contributed by atoms with Gasteiger partial charge in [0.1, 0.15) is 89.5 Å². The number of carboxylic acids is 1. The molecule has 566 valence electrons. The summed E-state index contributed by atoms with van der Waals surface area (Å²) in [6.45, 7) is 17.7. The first-order valence-corrected chi connectivity index (χ1v) is 33.4. The van der Waals surface area contributed by atoms with Crippen LogP contribution >= 0.6 is 23.2 Å². The van der Waals surface area contributed by atoms with Crippen molar-refractivity contribution in [1.82, 2.24) is 37.2 Å². The summed E-state index contributed by atoms with van der Waals surface area (Å²) in [6.07, 6.45) is -18.6. The third kappa shape index (κ3) is 17.8. The number of phenols is 3. The van der Waals surface area contributed by atoms with E-state index in [2.05, 4.69) is 63.5 Å². The van der Waals surface area contributed by atoms with E-state index in [9.17, 15) is 75.0 Å². The maximum absolute atomic E-state index is 16.0. The Balaban J connectivity index is 0.00000342. The number of halogens is 2. The van der Waals surface area contributed by atoms with Gasteiger partial charge in [0.25, 0.3) is 0 Å². The van der Waals surface area contributed by atoms with Gasteiger partial charge in [0.05, 0.1) is 41.3 Å². The van der Waals surface area contributed by atoms with E-state index in [1.807, 2.05) is 13.8 Å². The predicted molar refractivity (Wildman–Crippen MR) is 372 cm³/mol. The molecular weight excluding hydrogens is 1420 g/mol. The van der Waals surface area contributed by atoms with E-state index < -0.39 is 237 Å². The average molecular weight is 1510 g/mol. The summed E-state index contributed by atoms with van der Waals surface area (Å²) in [4.78, 5) is 117. The van der Waals surface area contributed by atoms with Crippen LogP contribution in [0.3, 0.4) is 0 Å². The SMILES string of the molecule is C=C.C=C.CN[C@H](CC(C)C)C(=O)NC1C(=O)N[C@@H](CC(N)=O)C(=O)N[C@H]2C(=O)N[C@H]3C(=O)N[C@H](C(=O)N[C@H](C(=O)O)c4cc(O)cc(O)c4-c4cc3ccc4O)[C@H](O)c3ccc(c(Cl)c3)Oc3cc2cc(c3OC2OC(CO)C(O)C(O)C2OC2CC(C)(N)C(O)C(C)O2)Oc2ccc(cc2Cl)[C@H]1O. The summed E-state index contributed by atoms with van der Waals surface area (Å²) in [5.74, 6) is -16.0. The zero-order valence-corrected chi connectivity index (χ0v) is 58.7. The first kappa shape index (κ1) is 81.0. The molecule has 5 aromatic carbocycles. The number of rotatable bonds is 13. The van der Waals surface area contributed by atoms with E-state index in [0.29, 0.717) is 0 Å². The molecule has 7 heterocycles. The van der Waals surface area contributed by atoms with Crippen LogP contribution in [-0.4, -0.2) is 191 Å². The van der Waals surface area contributed by atoms with Crippen molar-refractivity contribution in [3.05, 3.63) is 143 Å². The molecule has 105 heavy (non-hydrogen) atoms. The third-order valence-electron chi connectivity index (χ3n) is 17.8. The molecule has 18 atom stereocenters. The highest BCUT2D eigenvalue weighted by molar-refractivity contribution is 6.32. The second-order valence-corrected chi connectivity index (χ2v) is 26.5. The Labute approximate surface area is 610 Å². The molecule has 0 aliphatic carbocycles. The molecular formula is C70H83Cl2N9O24. The quantitative estimate of drug-likeness (QED) is 0.0746. The molecule has 10 unspecified atom stereocenters. The van der Waals surface area contributed by atoms with Crippen LogP contribution in [0.1, 0.15) is 105 Å². The Morgan fingerprint density at radius 1 is 0.705 bits per heavy atom. The number of ether oxygens (including phenoxy) is 6. The maximum Gasteiger partial charge on any atom is 0.330 e. The lowest BCUT2D eigenvalue weighted by atomic mass is 9.86. The Bertz CT molecular complexity index is 4110. The van der Waals surface area contributed by atoms with Gasteiger partial charge in [-0.1, -0.05) is 55.2 Å². The Morgan fingerprint density at radius 2 is 1.29 bits per heavy atom. The molecule has 7 amide bonds. The van der Waals surface area contributed by atoms with E-state index in [0.717, 1.165) is 66.7 Å². The standard InChI is InChI=1S/C66H75Cl2N9O24.2C2H4/c1-23(2)12-34(71-5)58(88)76-49-51(83)26-7-10-38(32(67)14-26)97-40-16-28-17-41(55(40)101-65-56(54(86)53(85)42(22-78)99-65)100-44-21-66(4,70)57(87)24(3)96-44)98-39-11-8-27(15-33(39)68)52(84)50-63(93)75-48(64(94)95)31-18-29(79)19-37(81)45(31)30-13-25(6-9-36(30)80)46(60(90)77-50)74-61(91)47(28)73-59(89)35(20-43(69)82)72-62(49)92;2*1-2/h6-11,13-19,23-24,34-35,42,44,46-54,56-57,65,71,78-81,83-87H,12,20-22,70H2,1-5H3,(H2,69,82)(H,72,92)(H,73,89)(H,74,91)(H,75,93)(H,76,88)(H,77,90)(H,94,95);2*1-2H2/t24?,34-,35+,42?,44?,46-,47-,48+,49?,50+,51-,52-,53?,54?,56?,57?,65?,66?;;/m1../s1. The number of carboxylic acid groups (broad SMARTS) is 1. The molecule has 33 nitrogen and oxygen atoms in total. The number of likely N-dealkylation sites (N-methyl/N-ethyl adjacent to an activating group) is 1. The van der Waals surface area contributed by atoms with Gasteiger partial charge < -0.3 is 128 Å². The number of benzene rings is 5. The van der Waals surface area contributed by atoms with Crippen molar-refractivity contribution in [2.45, 2.75) is 156 Å². The summed E-state index contributed by atoms with van der Waals surface area (Å²) < 4.78 is 38.3. The molecule has 0 spiro atoms. The molecule has 5 aromatic rings. The van der Waals surface area contributed by atoms with Gasteiger partial charge in [0.15, 0.2) is 29.9 Å². The number of aliphatic hydroxyl groups excluding tert-OH is 6. The second kappa shape index (κ2) is 34.0. The van der Waals surface area contributed by atoms with Gasteiger partial charge in [-0.25, -0.2) is 4.79 Å². The fourth-order valence-electron chi connectivity index (χ4n) is 12.5. The highest BCUT2D eigenvalue weighted by Gasteiger charge is 2.51. The van der Waals surface area contributed by atoms with E-state index in [-0.39, 0.29) is 46.2 Å². The lowest BCUT2D eigenvalue weighted by Gasteiger charge is -2.47. The van der Waals surface area contributed by atoms with Gasteiger partial charge in [0.2, 0.25) is 53.4 Å². The van der Waals surface area contributed by atoms with Crippen LogP contribution in [0.4, 0.5) is 0 Å². The van der Waals surface area contributed by atoms with Gasteiger partial charge >= 0.3 is 5.97 Å². The number of amides is 7. The fourth-order valence-corrected chi connectivity index (χ4v) is 12.9. The number of carbonyl (C=O) groups is 8. The molecule has 11 bridgehead atoms. The maximum atomic E-state index is 16.0. The van der Waals surface area contributed by atoms with Gasteiger partial charge in [-0.15, -0.1) is 26.3 Å². The zero-order chi connectivity index (χ0) is 77.5. The molecule has 12 rings (SSSR count). The first-order chi connectivity index (χ1) is 49.7. The molecule has 7 aliphatic rings. The predicted octanol–water partition coefficient (Wildman–Crippen LogP) is 1.71. The molecule has 0 radical (unpaired) electrons. The van der Waals surface area contributed by atoms with Crippen LogP contribution in [0.15, 0.2) is 105 Å². The summed E-state index contributed by atoms with van der Waals surface area (Å²) in [6, 6.07) is -0.679. The van der Waals surface area contributed by atoms with E-state index >= 15 is 14.4 Å². The Kier molecular flexibility index (Phi) is 26.2.